The van der Waals surface area contributed by atoms with Crippen molar-refractivity contribution in [2.24, 2.45) is 12.0 Å². The van der Waals surface area contributed by atoms with Gasteiger partial charge in [-0.15, -0.1) is 0 Å². The number of nitrogens with one attached hydrogen (secondary N) is 3. The zero-order valence-electron chi connectivity index (χ0n) is 20.1. The van der Waals surface area contributed by atoms with Crippen LogP contribution in [0.2, 0.25) is 0 Å². The number of amidine groups is 1. The Morgan fingerprint density at radius 1 is 1.21 bits per heavy atom. The summed E-state index contributed by atoms with van der Waals surface area (Å²) >= 11 is 0. The Kier molecular flexibility index (Phi) is 4.68. The largest absolute Gasteiger partial charge is 0.496 e. The fraction of sp³-hybridized carbons (Fsp3) is 0.400. The highest BCUT2D eigenvalue weighted by atomic mass is 16.5. The first-order chi connectivity index (χ1) is 16.4. The summed E-state index contributed by atoms with van der Waals surface area (Å²) < 4.78 is 13.1. The third kappa shape index (κ3) is 3.18. The Morgan fingerprint density at radius 2 is 2.03 bits per heavy atom. The van der Waals surface area contributed by atoms with Crippen LogP contribution in [0.3, 0.4) is 0 Å². The van der Waals surface area contributed by atoms with Crippen molar-refractivity contribution in [3.63, 3.8) is 0 Å². The molecule has 0 bridgehead atoms. The number of H-pyrrole nitrogens is 1. The van der Waals surface area contributed by atoms with Gasteiger partial charge < -0.3 is 24.9 Å². The van der Waals surface area contributed by atoms with Crippen LogP contribution in [0.25, 0.3) is 22.0 Å². The average molecular weight is 460 g/mol. The molecule has 1 aromatic carbocycles. The lowest BCUT2D eigenvalue weighted by Crippen LogP contribution is -2.27. The summed E-state index contributed by atoms with van der Waals surface area (Å²) in [5.41, 5.74) is 6.88. The molecule has 0 amide bonds. The van der Waals surface area contributed by atoms with E-state index in [2.05, 4.69) is 32.9 Å². The summed E-state index contributed by atoms with van der Waals surface area (Å²) in [5.74, 6) is 3.81. The van der Waals surface area contributed by atoms with Crippen molar-refractivity contribution >= 4 is 28.2 Å². The number of aryl methyl sites for hydroxylation is 3. The van der Waals surface area contributed by atoms with Crippen molar-refractivity contribution in [1.82, 2.24) is 19.9 Å². The van der Waals surface area contributed by atoms with E-state index < -0.39 is 0 Å². The van der Waals surface area contributed by atoms with E-state index in [1.807, 2.05) is 38.7 Å². The number of hydrogen-bond acceptors (Lipinski definition) is 7. The number of benzene rings is 1. The van der Waals surface area contributed by atoms with Crippen LogP contribution >= 0.6 is 0 Å². The normalized spacial score (nSPS) is 17.8. The predicted octanol–water partition coefficient (Wildman–Crippen LogP) is 5.08. The summed E-state index contributed by atoms with van der Waals surface area (Å²) in [4.78, 5) is 8.48. The molecule has 3 N–H and O–H groups in total. The second kappa shape index (κ2) is 7.65. The van der Waals surface area contributed by atoms with Crippen LogP contribution in [0, 0.1) is 13.8 Å². The van der Waals surface area contributed by atoms with E-state index in [-0.39, 0.29) is 6.17 Å². The van der Waals surface area contributed by atoms with E-state index in [1.54, 1.807) is 7.11 Å². The van der Waals surface area contributed by atoms with Crippen molar-refractivity contribution in [2.75, 3.05) is 17.7 Å². The zero-order chi connectivity index (χ0) is 23.6. The lowest BCUT2D eigenvalue weighted by Gasteiger charge is -2.26. The standard InChI is InChI=1S/C25H29N7O2/c1-12-21(13(2)34-31-12)17-9-18-16(10-20(17)33-5)22-24(28-18)26-14(3)27-25(22)29-19-11-32(4)30-23(19)15-7-6-8-15/h9-11,14-15,26,28H,6-8H2,1-5H3,(H,27,29). The SMILES string of the molecule is COc1cc2c3c([nH]c2cc1-c1c(C)noc1C)NC(C)N=C3Nc1cn(C)nc1C1CCC1. The minimum Gasteiger partial charge on any atom is -0.496 e. The number of fused-ring (bicyclic) bond motifs is 3. The van der Waals surface area contributed by atoms with Gasteiger partial charge in [-0.3, -0.25) is 4.68 Å². The molecule has 9 heteroatoms. The molecule has 34 heavy (non-hydrogen) atoms. The molecule has 1 aliphatic carbocycles. The lowest BCUT2D eigenvalue weighted by atomic mass is 9.82. The minimum absolute atomic E-state index is 0.0733. The van der Waals surface area contributed by atoms with Crippen LogP contribution in [-0.2, 0) is 7.05 Å². The van der Waals surface area contributed by atoms with Crippen molar-refractivity contribution < 1.29 is 9.26 Å². The summed E-state index contributed by atoms with van der Waals surface area (Å²) in [5, 5.41) is 17.0. The molecule has 4 aromatic rings. The van der Waals surface area contributed by atoms with Gasteiger partial charge in [0.25, 0.3) is 0 Å². The van der Waals surface area contributed by atoms with E-state index in [4.69, 9.17) is 19.4 Å². The smallest absolute Gasteiger partial charge is 0.141 e. The molecule has 0 saturated heterocycles. The second-order valence-electron chi connectivity index (χ2n) is 9.32. The van der Waals surface area contributed by atoms with Crippen LogP contribution in [-0.4, -0.2) is 39.0 Å². The first-order valence-electron chi connectivity index (χ1n) is 11.7. The quantitative estimate of drug-likeness (QED) is 0.393. The Morgan fingerprint density at radius 3 is 2.71 bits per heavy atom. The van der Waals surface area contributed by atoms with E-state index in [1.165, 1.54) is 19.3 Å². The molecule has 1 aliphatic heterocycles. The third-order valence-corrected chi connectivity index (χ3v) is 6.94. The number of aromatic amines is 1. The number of aromatic nitrogens is 4. The van der Waals surface area contributed by atoms with Crippen molar-refractivity contribution in [1.29, 1.82) is 0 Å². The number of ether oxygens (including phenoxy) is 1. The molecule has 1 fully saturated rings. The van der Waals surface area contributed by atoms with Crippen LogP contribution in [0.1, 0.15) is 54.8 Å². The maximum atomic E-state index is 5.82. The molecule has 1 unspecified atom stereocenters. The topological polar surface area (TPSA) is 105 Å². The molecular weight excluding hydrogens is 430 g/mol. The van der Waals surface area contributed by atoms with E-state index >= 15 is 0 Å². The molecule has 9 nitrogen and oxygen atoms in total. The summed E-state index contributed by atoms with van der Waals surface area (Å²) in [7, 11) is 3.66. The van der Waals surface area contributed by atoms with Gasteiger partial charge in [0.1, 0.15) is 29.3 Å². The molecule has 176 valence electrons. The maximum Gasteiger partial charge on any atom is 0.141 e. The van der Waals surface area contributed by atoms with Gasteiger partial charge in [0.2, 0.25) is 0 Å². The summed E-state index contributed by atoms with van der Waals surface area (Å²) in [6.45, 7) is 5.91. The summed E-state index contributed by atoms with van der Waals surface area (Å²) in [6, 6.07) is 4.17. The Labute approximate surface area is 197 Å². The predicted molar refractivity (Wildman–Crippen MR) is 133 cm³/mol. The average Bonchev–Trinajstić information content (AvgIpc) is 3.40. The van der Waals surface area contributed by atoms with E-state index in [9.17, 15) is 0 Å². The van der Waals surface area contributed by atoms with Gasteiger partial charge in [0, 0.05) is 35.6 Å². The molecule has 1 saturated carbocycles. The minimum atomic E-state index is -0.0733. The lowest BCUT2D eigenvalue weighted by molar-refractivity contribution is 0.393. The number of nitrogens with zero attached hydrogens (tertiary/aromatic N) is 4. The molecule has 0 spiro atoms. The maximum absolute atomic E-state index is 5.82. The molecule has 2 aliphatic rings. The first kappa shape index (κ1) is 20.8. The Bertz CT molecular complexity index is 1420. The van der Waals surface area contributed by atoms with Crippen molar-refractivity contribution in [3.8, 4) is 16.9 Å². The fourth-order valence-electron chi connectivity index (χ4n) is 5.11. The van der Waals surface area contributed by atoms with Crippen molar-refractivity contribution in [2.45, 2.75) is 52.1 Å². The number of methoxy groups -OCH3 is 1. The van der Waals surface area contributed by atoms with Crippen LogP contribution in [0.5, 0.6) is 5.75 Å². The fourth-order valence-corrected chi connectivity index (χ4v) is 5.11. The Balaban J connectivity index is 1.48. The number of anilines is 2. The number of rotatable bonds is 4. The van der Waals surface area contributed by atoms with E-state index in [0.29, 0.717) is 5.92 Å². The van der Waals surface area contributed by atoms with Crippen LogP contribution < -0.4 is 15.4 Å². The monoisotopic (exact) mass is 459 g/mol. The third-order valence-electron chi connectivity index (χ3n) is 6.94. The van der Waals surface area contributed by atoms with Gasteiger partial charge in [-0.25, -0.2) is 4.99 Å². The number of hydrogen-bond donors (Lipinski definition) is 3. The molecule has 3 aromatic heterocycles. The van der Waals surface area contributed by atoms with Crippen LogP contribution in [0.4, 0.5) is 11.5 Å². The number of aliphatic imine (C=N–C) groups is 1. The highest BCUT2D eigenvalue weighted by Gasteiger charge is 2.29. The second-order valence-corrected chi connectivity index (χ2v) is 9.32. The van der Waals surface area contributed by atoms with Gasteiger partial charge in [-0.2, -0.15) is 5.10 Å². The van der Waals surface area contributed by atoms with Gasteiger partial charge in [-0.05, 0) is 45.7 Å². The molecule has 4 heterocycles. The van der Waals surface area contributed by atoms with Gasteiger partial charge in [0.15, 0.2) is 0 Å². The Hall–Kier alpha value is -3.75. The zero-order valence-corrected chi connectivity index (χ0v) is 20.1. The summed E-state index contributed by atoms with van der Waals surface area (Å²) in [6.07, 6.45) is 5.62. The van der Waals surface area contributed by atoms with E-state index in [0.717, 1.165) is 67.8 Å². The first-order valence-corrected chi connectivity index (χ1v) is 11.7. The molecular formula is C25H29N7O2. The molecule has 0 radical (unpaired) electrons. The highest BCUT2D eigenvalue weighted by Crippen LogP contribution is 2.42. The van der Waals surface area contributed by atoms with Gasteiger partial charge in [0.05, 0.1) is 35.3 Å². The van der Waals surface area contributed by atoms with Crippen LogP contribution in [0.15, 0.2) is 27.8 Å². The molecule has 1 atom stereocenters. The van der Waals surface area contributed by atoms with Crippen molar-refractivity contribution in [3.05, 3.63) is 41.0 Å². The van der Waals surface area contributed by atoms with Gasteiger partial charge >= 0.3 is 0 Å². The molecule has 6 rings (SSSR count). The highest BCUT2D eigenvalue weighted by molar-refractivity contribution is 6.21. The van der Waals surface area contributed by atoms with Gasteiger partial charge in [-0.1, -0.05) is 11.6 Å².